The predicted octanol–water partition coefficient (Wildman–Crippen LogP) is 4.12. The third-order valence-corrected chi connectivity index (χ3v) is 8.22. The normalized spacial score (nSPS) is 20.0. The lowest BCUT2D eigenvalue weighted by Crippen LogP contribution is -2.31. The van der Waals surface area contributed by atoms with Gasteiger partial charge in [0.1, 0.15) is 16.5 Å². The molecule has 0 bridgehead atoms. The Bertz CT molecular complexity index is 1210. The molecule has 3 N–H and O–H groups in total. The van der Waals surface area contributed by atoms with Crippen LogP contribution in [0.5, 0.6) is 0 Å². The number of ether oxygens (including phenoxy) is 1. The van der Waals surface area contributed by atoms with E-state index < -0.39 is 32.0 Å². The van der Waals surface area contributed by atoms with Crippen molar-refractivity contribution in [2.45, 2.75) is 54.9 Å². The highest BCUT2D eigenvalue weighted by atomic mass is 32.2. The second-order valence-corrected chi connectivity index (χ2v) is 10.6. The molecule has 33 heavy (non-hydrogen) atoms. The zero-order valence-electron chi connectivity index (χ0n) is 17.9. The molecule has 0 aromatic heterocycles. The summed E-state index contributed by atoms with van der Waals surface area (Å²) in [5, 5.41) is 6.45. The van der Waals surface area contributed by atoms with Gasteiger partial charge in [-0.1, -0.05) is 12.8 Å². The van der Waals surface area contributed by atoms with Crippen molar-refractivity contribution in [2.24, 2.45) is 0 Å². The van der Waals surface area contributed by atoms with Crippen LogP contribution in [0, 0.1) is 11.6 Å². The highest BCUT2D eigenvalue weighted by Gasteiger charge is 2.49. The van der Waals surface area contributed by atoms with E-state index in [1.807, 2.05) is 0 Å². The van der Waals surface area contributed by atoms with Crippen LogP contribution >= 0.6 is 0 Å². The summed E-state index contributed by atoms with van der Waals surface area (Å²) < 4.78 is 61.2. The Morgan fingerprint density at radius 1 is 1.06 bits per heavy atom. The predicted molar refractivity (Wildman–Crippen MR) is 120 cm³/mol. The van der Waals surface area contributed by atoms with Crippen LogP contribution in [-0.2, 0) is 25.0 Å². The second-order valence-electron chi connectivity index (χ2n) is 8.90. The van der Waals surface area contributed by atoms with Crippen LogP contribution in [-0.4, -0.2) is 33.6 Å². The molecule has 3 aliphatic rings. The van der Waals surface area contributed by atoms with Crippen LogP contribution in [0.3, 0.4) is 0 Å². The smallest absolute Gasteiger partial charge is 0.264 e. The number of benzene rings is 2. The summed E-state index contributed by atoms with van der Waals surface area (Å²) >= 11 is 0. The molecular weight excluding hydrogens is 452 g/mol. The van der Waals surface area contributed by atoms with Gasteiger partial charge < -0.3 is 15.4 Å². The zero-order chi connectivity index (χ0) is 23.2. The average Bonchev–Trinajstić information content (AvgIpc) is 3.36. The molecule has 2 aliphatic heterocycles. The largest absolute Gasteiger partial charge is 0.381 e. The van der Waals surface area contributed by atoms with E-state index in [1.54, 1.807) is 12.1 Å². The standard InChI is InChI=1S/C23H25F2N3O4S/c24-14-3-4-20(18(25)11-14)33(30,31)28-16-12-17-21(27-22(29)23(17)7-1-2-8-23)19(13-16)26-15-5-9-32-10-6-15/h3-4,11-13,15,26,28H,1-2,5-10H2,(H,27,29). The Labute approximate surface area is 191 Å². The lowest BCUT2D eigenvalue weighted by molar-refractivity contribution is -0.120. The SMILES string of the molecule is O=C1Nc2c(NC3CCOCC3)cc(NS(=O)(=O)c3ccc(F)cc3F)cc2C12CCCC2. The minimum Gasteiger partial charge on any atom is -0.381 e. The summed E-state index contributed by atoms with van der Waals surface area (Å²) in [5.41, 5.74) is 1.57. The van der Waals surface area contributed by atoms with Crippen LogP contribution in [0.1, 0.15) is 44.1 Å². The van der Waals surface area contributed by atoms with Gasteiger partial charge in [-0.15, -0.1) is 0 Å². The topological polar surface area (TPSA) is 96.5 Å². The molecule has 1 amide bonds. The van der Waals surface area contributed by atoms with Gasteiger partial charge in [-0.3, -0.25) is 9.52 Å². The number of hydrogen-bond acceptors (Lipinski definition) is 5. The number of sulfonamides is 1. The number of carbonyl (C=O) groups is 1. The van der Waals surface area contributed by atoms with Gasteiger partial charge in [-0.25, -0.2) is 17.2 Å². The van der Waals surface area contributed by atoms with Crippen LogP contribution in [0.15, 0.2) is 35.2 Å². The highest BCUT2D eigenvalue weighted by molar-refractivity contribution is 7.92. The fourth-order valence-electron chi connectivity index (χ4n) is 5.12. The van der Waals surface area contributed by atoms with E-state index >= 15 is 0 Å². The minimum atomic E-state index is -4.32. The summed E-state index contributed by atoms with van der Waals surface area (Å²) in [5.74, 6) is -2.11. The number of nitrogens with one attached hydrogen (secondary N) is 3. The number of anilines is 3. The monoisotopic (exact) mass is 477 g/mol. The number of rotatable bonds is 5. The molecule has 10 heteroatoms. The third-order valence-electron chi connectivity index (χ3n) is 6.80. The Kier molecular flexibility index (Phi) is 5.52. The summed E-state index contributed by atoms with van der Waals surface area (Å²) in [7, 11) is -4.32. The number of amides is 1. The van der Waals surface area contributed by atoms with E-state index in [2.05, 4.69) is 15.4 Å². The molecule has 7 nitrogen and oxygen atoms in total. The molecule has 1 saturated heterocycles. The molecule has 176 valence electrons. The first-order valence-electron chi connectivity index (χ1n) is 11.1. The van der Waals surface area contributed by atoms with E-state index in [-0.39, 0.29) is 17.6 Å². The molecule has 1 aliphatic carbocycles. The fourth-order valence-corrected chi connectivity index (χ4v) is 6.22. The average molecular weight is 478 g/mol. The van der Waals surface area contributed by atoms with Gasteiger partial charge in [0.2, 0.25) is 5.91 Å². The Morgan fingerprint density at radius 2 is 1.79 bits per heavy atom. The summed E-state index contributed by atoms with van der Waals surface area (Å²) in [6, 6.07) is 5.71. The first-order valence-corrected chi connectivity index (χ1v) is 12.6. The molecule has 0 atom stereocenters. The van der Waals surface area contributed by atoms with Crippen molar-refractivity contribution in [1.82, 2.24) is 0 Å². The van der Waals surface area contributed by atoms with Gasteiger partial charge in [0.15, 0.2) is 0 Å². The molecule has 0 unspecified atom stereocenters. The van der Waals surface area contributed by atoms with Crippen molar-refractivity contribution in [1.29, 1.82) is 0 Å². The van der Waals surface area contributed by atoms with Crippen molar-refractivity contribution in [2.75, 3.05) is 28.6 Å². The fraction of sp³-hybridized carbons (Fsp3) is 0.435. The molecule has 2 aromatic rings. The van der Waals surface area contributed by atoms with Crippen LogP contribution in [0.25, 0.3) is 0 Å². The zero-order valence-corrected chi connectivity index (χ0v) is 18.7. The molecule has 1 spiro atoms. The first-order chi connectivity index (χ1) is 15.8. The first kappa shape index (κ1) is 22.1. The molecule has 2 heterocycles. The van der Waals surface area contributed by atoms with E-state index in [1.165, 1.54) is 0 Å². The summed E-state index contributed by atoms with van der Waals surface area (Å²) in [4.78, 5) is 12.4. The molecule has 0 radical (unpaired) electrons. The third kappa shape index (κ3) is 3.95. The Balaban J connectivity index is 1.55. The summed E-state index contributed by atoms with van der Waals surface area (Å²) in [6.45, 7) is 1.23. The minimum absolute atomic E-state index is 0.0744. The van der Waals surface area contributed by atoms with E-state index in [0.29, 0.717) is 43.5 Å². The van der Waals surface area contributed by atoms with Crippen molar-refractivity contribution in [3.8, 4) is 0 Å². The van der Waals surface area contributed by atoms with Gasteiger partial charge in [0, 0.05) is 25.3 Å². The van der Waals surface area contributed by atoms with Crippen molar-refractivity contribution in [3.63, 3.8) is 0 Å². The van der Waals surface area contributed by atoms with Crippen molar-refractivity contribution < 1.29 is 26.7 Å². The van der Waals surface area contributed by atoms with Gasteiger partial charge in [-0.05, 0) is 55.5 Å². The van der Waals surface area contributed by atoms with E-state index in [0.717, 1.165) is 43.4 Å². The molecule has 1 saturated carbocycles. The van der Waals surface area contributed by atoms with Crippen LogP contribution in [0.2, 0.25) is 0 Å². The number of hydrogen-bond donors (Lipinski definition) is 3. The number of halogens is 2. The quantitative estimate of drug-likeness (QED) is 0.602. The number of fused-ring (bicyclic) bond motifs is 2. The van der Waals surface area contributed by atoms with Crippen molar-refractivity contribution in [3.05, 3.63) is 47.5 Å². The van der Waals surface area contributed by atoms with Crippen molar-refractivity contribution >= 4 is 33.0 Å². The maximum absolute atomic E-state index is 14.2. The van der Waals surface area contributed by atoms with Crippen LogP contribution < -0.4 is 15.4 Å². The second kappa shape index (κ2) is 8.25. The maximum atomic E-state index is 14.2. The van der Waals surface area contributed by atoms with Gasteiger partial charge in [0.05, 0.1) is 22.5 Å². The lowest BCUT2D eigenvalue weighted by atomic mass is 9.80. The maximum Gasteiger partial charge on any atom is 0.264 e. The molecule has 2 aromatic carbocycles. The van der Waals surface area contributed by atoms with E-state index in [4.69, 9.17) is 4.74 Å². The molecule has 5 rings (SSSR count). The highest BCUT2D eigenvalue weighted by Crippen LogP contribution is 2.52. The molecular formula is C23H25F2N3O4S. The summed E-state index contributed by atoms with van der Waals surface area (Å²) in [6.07, 6.45) is 4.75. The Hall–Kier alpha value is -2.72. The number of carbonyl (C=O) groups excluding carboxylic acids is 1. The van der Waals surface area contributed by atoms with Gasteiger partial charge in [0.25, 0.3) is 10.0 Å². The van der Waals surface area contributed by atoms with Gasteiger partial charge in [-0.2, -0.15) is 0 Å². The van der Waals surface area contributed by atoms with Gasteiger partial charge >= 0.3 is 0 Å². The molecule has 2 fully saturated rings. The lowest BCUT2D eigenvalue weighted by Gasteiger charge is -2.26. The van der Waals surface area contributed by atoms with Crippen LogP contribution in [0.4, 0.5) is 25.8 Å². The Morgan fingerprint density at radius 3 is 2.48 bits per heavy atom. The van der Waals surface area contributed by atoms with E-state index in [9.17, 15) is 22.0 Å².